The zero-order valence-corrected chi connectivity index (χ0v) is 11.8. The number of amides is 1. The summed E-state index contributed by atoms with van der Waals surface area (Å²) in [5.41, 5.74) is 0.162. The molecule has 1 atom stereocenters. The third kappa shape index (κ3) is 2.70. The molecule has 20 heavy (non-hydrogen) atoms. The Bertz CT molecular complexity index is 595. The number of carboxylic acid groups (broad SMARTS) is 1. The summed E-state index contributed by atoms with van der Waals surface area (Å²) in [4.78, 5) is 22.2. The van der Waals surface area contributed by atoms with Crippen LogP contribution in [0.25, 0.3) is 0 Å². The predicted octanol–water partition coefficient (Wildman–Crippen LogP) is 1.15. The third-order valence-electron chi connectivity index (χ3n) is 2.89. The van der Waals surface area contributed by atoms with E-state index in [1.165, 1.54) is 6.92 Å². The largest absolute Gasteiger partial charge is 0.547 e. The van der Waals surface area contributed by atoms with Gasteiger partial charge in [0.05, 0.1) is 16.0 Å². The average molecular weight is 318 g/mol. The molecular weight excluding hydrogens is 308 g/mol. The molecule has 3 N–H and O–H groups in total. The Balaban J connectivity index is 2.50. The van der Waals surface area contributed by atoms with Gasteiger partial charge in [-0.05, 0) is 12.5 Å². The van der Waals surface area contributed by atoms with Crippen molar-refractivity contribution in [2.45, 2.75) is 19.3 Å². The molecule has 0 saturated carbocycles. The van der Waals surface area contributed by atoms with Crippen LogP contribution in [0.5, 0.6) is 5.75 Å². The van der Waals surface area contributed by atoms with Crippen LogP contribution in [0, 0.1) is 0 Å². The number of carbonyl (C=O) groups excluding carboxylic acids is 1. The van der Waals surface area contributed by atoms with Gasteiger partial charge in [-0.15, -0.1) is 0 Å². The second-order valence-corrected chi connectivity index (χ2v) is 5.14. The van der Waals surface area contributed by atoms with Crippen LogP contribution in [0.15, 0.2) is 6.07 Å². The van der Waals surface area contributed by atoms with Crippen LogP contribution in [0.3, 0.4) is 0 Å². The standard InChI is InChI=1S/C11H10BCl2NO5/c1-4(16)15-8-3-5-9(14)7(13)2-6(11(17)18)10(5)20-12(8)19/h2,8,19H,3H2,1H3,(H,15,16)(H,17,18)/t8-/m0/s1. The van der Waals surface area contributed by atoms with E-state index in [0.29, 0.717) is 5.56 Å². The van der Waals surface area contributed by atoms with Crippen molar-refractivity contribution in [2.24, 2.45) is 0 Å². The van der Waals surface area contributed by atoms with E-state index in [1.54, 1.807) is 0 Å². The van der Waals surface area contributed by atoms with E-state index < -0.39 is 19.0 Å². The van der Waals surface area contributed by atoms with Gasteiger partial charge in [0.2, 0.25) is 5.91 Å². The summed E-state index contributed by atoms with van der Waals surface area (Å²) in [6.07, 6.45) is 0.121. The van der Waals surface area contributed by atoms with Crippen LogP contribution in [0.2, 0.25) is 10.0 Å². The van der Waals surface area contributed by atoms with Crippen LogP contribution in [0.4, 0.5) is 0 Å². The lowest BCUT2D eigenvalue weighted by molar-refractivity contribution is -0.119. The first-order chi connectivity index (χ1) is 9.31. The predicted molar refractivity (Wildman–Crippen MR) is 73.3 cm³/mol. The van der Waals surface area contributed by atoms with E-state index in [1.807, 2.05) is 0 Å². The van der Waals surface area contributed by atoms with Crippen LogP contribution in [-0.2, 0) is 11.2 Å². The monoisotopic (exact) mass is 317 g/mol. The Morgan fingerprint density at radius 3 is 2.70 bits per heavy atom. The van der Waals surface area contributed by atoms with Crippen molar-refractivity contribution in [3.63, 3.8) is 0 Å². The lowest BCUT2D eigenvalue weighted by atomic mass is 9.72. The van der Waals surface area contributed by atoms with Gasteiger partial charge in [-0.25, -0.2) is 4.79 Å². The lowest BCUT2D eigenvalue weighted by Gasteiger charge is -2.29. The fourth-order valence-electron chi connectivity index (χ4n) is 2.04. The van der Waals surface area contributed by atoms with Crippen molar-refractivity contribution in [3.05, 3.63) is 27.2 Å². The molecule has 0 aliphatic carbocycles. The molecule has 0 spiro atoms. The Kier molecular flexibility index (Phi) is 4.13. The van der Waals surface area contributed by atoms with E-state index >= 15 is 0 Å². The van der Waals surface area contributed by atoms with Gasteiger partial charge < -0.3 is 20.1 Å². The molecule has 9 heteroatoms. The molecule has 1 aliphatic rings. The molecule has 6 nitrogen and oxygen atoms in total. The quantitative estimate of drug-likeness (QED) is 0.711. The summed E-state index contributed by atoms with van der Waals surface area (Å²) < 4.78 is 5.19. The summed E-state index contributed by atoms with van der Waals surface area (Å²) >= 11 is 11.9. The van der Waals surface area contributed by atoms with Crippen molar-refractivity contribution in [2.75, 3.05) is 0 Å². The molecule has 0 radical (unpaired) electrons. The molecule has 106 valence electrons. The average Bonchev–Trinajstić information content (AvgIpc) is 2.34. The zero-order valence-electron chi connectivity index (χ0n) is 10.3. The Hall–Kier alpha value is -1.44. The summed E-state index contributed by atoms with van der Waals surface area (Å²) in [6.45, 7) is 1.30. The van der Waals surface area contributed by atoms with Crippen LogP contribution < -0.4 is 9.97 Å². The van der Waals surface area contributed by atoms with E-state index in [9.17, 15) is 14.6 Å². The maximum atomic E-state index is 11.2. The first-order valence-electron chi connectivity index (χ1n) is 5.67. The van der Waals surface area contributed by atoms with E-state index in [2.05, 4.69) is 5.32 Å². The lowest BCUT2D eigenvalue weighted by Crippen LogP contribution is -2.52. The molecule has 1 aromatic rings. The molecule has 1 amide bonds. The number of benzene rings is 1. The highest BCUT2D eigenvalue weighted by Gasteiger charge is 2.39. The number of hydrogen-bond acceptors (Lipinski definition) is 4. The van der Waals surface area contributed by atoms with Gasteiger partial charge in [0.25, 0.3) is 0 Å². The highest BCUT2D eigenvalue weighted by atomic mass is 35.5. The molecule has 1 aromatic carbocycles. The van der Waals surface area contributed by atoms with Crippen molar-refractivity contribution < 1.29 is 24.4 Å². The third-order valence-corrected chi connectivity index (χ3v) is 3.72. The number of aromatic carboxylic acids is 1. The van der Waals surface area contributed by atoms with Gasteiger partial charge in [0.1, 0.15) is 11.3 Å². The van der Waals surface area contributed by atoms with Gasteiger partial charge in [0.15, 0.2) is 0 Å². The van der Waals surface area contributed by atoms with E-state index in [4.69, 9.17) is 33.0 Å². The topological polar surface area (TPSA) is 95.9 Å². The van der Waals surface area contributed by atoms with Gasteiger partial charge >= 0.3 is 13.1 Å². The molecule has 0 bridgehead atoms. The van der Waals surface area contributed by atoms with Gasteiger partial charge in [-0.2, -0.15) is 0 Å². The molecule has 0 saturated heterocycles. The number of rotatable bonds is 2. The minimum absolute atomic E-state index is 0.0268. The molecule has 1 heterocycles. The number of nitrogens with one attached hydrogen (secondary N) is 1. The second-order valence-electron chi connectivity index (χ2n) is 4.35. The second kappa shape index (κ2) is 5.51. The number of carbonyl (C=O) groups is 2. The van der Waals surface area contributed by atoms with Crippen LogP contribution in [0.1, 0.15) is 22.8 Å². The maximum Gasteiger partial charge on any atom is 0.547 e. The minimum Gasteiger partial charge on any atom is -0.534 e. The summed E-state index contributed by atoms with van der Waals surface area (Å²) in [5, 5.41) is 21.7. The smallest absolute Gasteiger partial charge is 0.534 e. The van der Waals surface area contributed by atoms with Crippen molar-refractivity contribution in [1.82, 2.24) is 5.32 Å². The maximum absolute atomic E-state index is 11.2. The fraction of sp³-hybridized carbons (Fsp3) is 0.273. The fourth-order valence-corrected chi connectivity index (χ4v) is 2.49. The molecule has 0 aromatic heterocycles. The molecule has 1 aliphatic heterocycles. The zero-order chi connectivity index (χ0) is 15.0. The van der Waals surface area contributed by atoms with Crippen molar-refractivity contribution in [1.29, 1.82) is 0 Å². The summed E-state index contributed by atoms with van der Waals surface area (Å²) in [7, 11) is -1.36. The molecule has 0 unspecified atom stereocenters. The van der Waals surface area contributed by atoms with Crippen molar-refractivity contribution >= 4 is 42.2 Å². The van der Waals surface area contributed by atoms with E-state index in [-0.39, 0.29) is 33.7 Å². The SMILES string of the molecule is CC(=O)N[C@H]1Cc2c(Cl)c(Cl)cc(C(=O)O)c2OB1O. The summed E-state index contributed by atoms with van der Waals surface area (Å²) in [5.74, 6) is -2.35. The minimum atomic E-state index is -1.36. The van der Waals surface area contributed by atoms with Gasteiger partial charge in [-0.1, -0.05) is 23.2 Å². The van der Waals surface area contributed by atoms with Crippen LogP contribution >= 0.6 is 23.2 Å². The van der Waals surface area contributed by atoms with Gasteiger partial charge in [-0.3, -0.25) is 4.79 Å². The first-order valence-corrected chi connectivity index (χ1v) is 6.42. The number of halogens is 2. The Labute approximate surface area is 124 Å². The first kappa shape index (κ1) is 15.0. The Morgan fingerprint density at radius 1 is 1.50 bits per heavy atom. The van der Waals surface area contributed by atoms with Gasteiger partial charge in [0, 0.05) is 12.5 Å². The van der Waals surface area contributed by atoms with Crippen molar-refractivity contribution in [3.8, 4) is 5.75 Å². The molecule has 0 fully saturated rings. The van der Waals surface area contributed by atoms with E-state index in [0.717, 1.165) is 6.07 Å². The molecular formula is C11H10BCl2NO5. The highest BCUT2D eigenvalue weighted by Crippen LogP contribution is 2.39. The summed E-state index contributed by atoms with van der Waals surface area (Å²) in [6, 6.07) is 1.16. The Morgan fingerprint density at radius 2 is 2.15 bits per heavy atom. The van der Waals surface area contributed by atoms with Crippen LogP contribution in [-0.4, -0.2) is 35.1 Å². The number of fused-ring (bicyclic) bond motifs is 1. The molecule has 2 rings (SSSR count). The number of carboxylic acids is 1. The highest BCUT2D eigenvalue weighted by molar-refractivity contribution is 6.48. The normalized spacial score (nSPS) is 17.2. The number of hydrogen-bond donors (Lipinski definition) is 3.